The summed E-state index contributed by atoms with van der Waals surface area (Å²) in [6.45, 7) is 15.2. The molecule has 2 unspecified atom stereocenters. The Bertz CT molecular complexity index is 579. The van der Waals surface area contributed by atoms with Crippen molar-refractivity contribution < 1.29 is 4.79 Å². The Morgan fingerprint density at radius 1 is 1.30 bits per heavy atom. The Hall–Kier alpha value is -0.363. The molecule has 1 amide bonds. The first-order valence-electron chi connectivity index (χ1n) is 8.56. The molecule has 0 bridgehead atoms. The molecule has 23 heavy (non-hydrogen) atoms. The van der Waals surface area contributed by atoms with Crippen molar-refractivity contribution in [2.24, 2.45) is 5.92 Å². The minimum atomic E-state index is -1.32. The van der Waals surface area contributed by atoms with Gasteiger partial charge in [-0.25, -0.2) is 0 Å². The van der Waals surface area contributed by atoms with E-state index in [1.165, 1.54) is 11.6 Å². The highest BCUT2D eigenvalue weighted by Crippen LogP contribution is 2.41. The molecular weight excluding hydrogens is 413 g/mol. The lowest BCUT2D eigenvalue weighted by molar-refractivity contribution is -0.118. The van der Waals surface area contributed by atoms with Crippen molar-refractivity contribution in [3.63, 3.8) is 0 Å². The van der Waals surface area contributed by atoms with Gasteiger partial charge in [-0.1, -0.05) is 87.6 Å². The Morgan fingerprint density at radius 3 is 2.52 bits per heavy atom. The number of hydrogen-bond donors (Lipinski definition) is 0. The maximum Gasteiger partial charge on any atom is 0.240 e. The van der Waals surface area contributed by atoms with Gasteiger partial charge in [-0.15, -0.1) is 0 Å². The van der Waals surface area contributed by atoms with Gasteiger partial charge in [0.2, 0.25) is 5.91 Å². The highest BCUT2D eigenvalue weighted by atomic mass is 127. The van der Waals surface area contributed by atoms with E-state index in [2.05, 4.69) is 81.6 Å². The molecule has 4 heteroatoms. The maximum absolute atomic E-state index is 12.7. The first kappa shape index (κ1) is 19.0. The summed E-state index contributed by atoms with van der Waals surface area (Å²) in [5.74, 6) is 0.820. The second-order valence-corrected chi connectivity index (χ2v) is 15.9. The number of rotatable bonds is 4. The number of anilines is 1. The van der Waals surface area contributed by atoms with Gasteiger partial charge in [-0.2, -0.15) is 0 Å². The van der Waals surface area contributed by atoms with Gasteiger partial charge in [0, 0.05) is 12.2 Å². The summed E-state index contributed by atoms with van der Waals surface area (Å²) < 4.78 is 0.0718. The number of nitrogens with zero attached hydrogens (tertiary/aromatic N) is 1. The van der Waals surface area contributed by atoms with E-state index in [1.807, 2.05) is 11.0 Å². The Kier molecular flexibility index (Phi) is 5.66. The van der Waals surface area contributed by atoms with Crippen LogP contribution in [-0.2, 0) is 11.2 Å². The number of alkyl halides is 1. The van der Waals surface area contributed by atoms with Gasteiger partial charge in [-0.3, -0.25) is 4.79 Å². The molecule has 0 spiro atoms. The highest BCUT2D eigenvalue weighted by molar-refractivity contribution is 14.1. The van der Waals surface area contributed by atoms with Gasteiger partial charge in [0.15, 0.2) is 0 Å². The van der Waals surface area contributed by atoms with Crippen LogP contribution in [-0.4, -0.2) is 24.5 Å². The summed E-state index contributed by atoms with van der Waals surface area (Å²) in [5.41, 5.74) is 2.44. The maximum atomic E-state index is 12.7. The minimum Gasteiger partial charge on any atom is -0.311 e. The number of hydrogen-bond acceptors (Lipinski definition) is 1. The standard InChI is InChI=1S/C19H30INOSi/c1-14(13-23(5,6)19(2,3)4)12-21-17-10-8-7-9-15(17)11-16(20)18(21)22/h7-10,14,16H,11-13H2,1-6H3. The normalized spacial score (nSPS) is 20.4. The van der Waals surface area contributed by atoms with Gasteiger partial charge in [0.25, 0.3) is 0 Å². The van der Waals surface area contributed by atoms with E-state index >= 15 is 0 Å². The highest BCUT2D eigenvalue weighted by Gasteiger charge is 2.37. The molecule has 0 N–H and O–H groups in total. The van der Waals surface area contributed by atoms with Gasteiger partial charge >= 0.3 is 0 Å². The van der Waals surface area contributed by atoms with Crippen LogP contribution in [0.2, 0.25) is 24.2 Å². The average Bonchev–Trinajstić information content (AvgIpc) is 2.42. The van der Waals surface area contributed by atoms with Gasteiger partial charge in [0.1, 0.15) is 0 Å². The number of carbonyl (C=O) groups excluding carboxylic acids is 1. The van der Waals surface area contributed by atoms with Crippen LogP contribution in [0.15, 0.2) is 24.3 Å². The van der Waals surface area contributed by atoms with Crippen LogP contribution >= 0.6 is 22.6 Å². The number of benzene rings is 1. The van der Waals surface area contributed by atoms with Crippen LogP contribution in [0, 0.1) is 5.92 Å². The molecule has 1 heterocycles. The lowest BCUT2D eigenvalue weighted by atomic mass is 10.00. The van der Waals surface area contributed by atoms with Gasteiger partial charge < -0.3 is 4.90 Å². The van der Waals surface area contributed by atoms with E-state index in [9.17, 15) is 4.79 Å². The fraction of sp³-hybridized carbons (Fsp3) is 0.632. The monoisotopic (exact) mass is 443 g/mol. The summed E-state index contributed by atoms with van der Waals surface area (Å²) in [4.78, 5) is 14.8. The summed E-state index contributed by atoms with van der Waals surface area (Å²) in [6, 6.07) is 9.66. The zero-order valence-electron chi connectivity index (χ0n) is 15.3. The van der Waals surface area contributed by atoms with E-state index in [-0.39, 0.29) is 9.83 Å². The van der Waals surface area contributed by atoms with Crippen molar-refractivity contribution in [1.29, 1.82) is 0 Å². The molecule has 1 aromatic carbocycles. The lowest BCUT2D eigenvalue weighted by Crippen LogP contribution is -2.46. The van der Waals surface area contributed by atoms with Crippen molar-refractivity contribution >= 4 is 42.3 Å². The molecular formula is C19H30INOSi. The molecule has 0 aliphatic carbocycles. The molecule has 128 valence electrons. The van der Waals surface area contributed by atoms with E-state index in [4.69, 9.17) is 0 Å². The molecule has 2 atom stereocenters. The summed E-state index contributed by atoms with van der Waals surface area (Å²) in [7, 11) is -1.32. The smallest absolute Gasteiger partial charge is 0.240 e. The third kappa shape index (κ3) is 4.19. The van der Waals surface area contributed by atoms with E-state index in [0.29, 0.717) is 11.0 Å². The topological polar surface area (TPSA) is 20.3 Å². The number of fused-ring (bicyclic) bond motifs is 1. The zero-order valence-corrected chi connectivity index (χ0v) is 18.5. The van der Waals surface area contributed by atoms with Crippen molar-refractivity contribution in [1.82, 2.24) is 0 Å². The van der Waals surface area contributed by atoms with Crippen molar-refractivity contribution in [3.8, 4) is 0 Å². The zero-order chi connectivity index (χ0) is 17.4. The van der Waals surface area contributed by atoms with Crippen LogP contribution in [0.25, 0.3) is 0 Å². The fourth-order valence-electron chi connectivity index (χ4n) is 3.26. The van der Waals surface area contributed by atoms with E-state index in [1.54, 1.807) is 0 Å². The van der Waals surface area contributed by atoms with Crippen LogP contribution in [0.3, 0.4) is 0 Å². The predicted octanol–water partition coefficient (Wildman–Crippen LogP) is 5.52. The molecule has 0 saturated heterocycles. The first-order valence-corrected chi connectivity index (χ1v) is 13.0. The van der Waals surface area contributed by atoms with Crippen LogP contribution in [0.4, 0.5) is 5.69 Å². The quantitative estimate of drug-likeness (QED) is 0.341. The van der Waals surface area contributed by atoms with E-state index in [0.717, 1.165) is 18.7 Å². The summed E-state index contributed by atoms with van der Waals surface area (Å²) in [5, 5.41) is 0.400. The second-order valence-electron chi connectivity index (χ2n) is 8.69. The lowest BCUT2D eigenvalue weighted by Gasteiger charge is -2.40. The number of para-hydroxylation sites is 1. The molecule has 0 saturated carbocycles. The number of carbonyl (C=O) groups is 1. The van der Waals surface area contributed by atoms with Crippen molar-refractivity contribution in [2.45, 2.75) is 62.2 Å². The third-order valence-electron chi connectivity index (χ3n) is 5.60. The van der Waals surface area contributed by atoms with Gasteiger partial charge in [-0.05, 0) is 29.0 Å². The van der Waals surface area contributed by atoms with Crippen LogP contribution in [0.1, 0.15) is 33.3 Å². The number of amides is 1. The molecule has 2 rings (SSSR count). The van der Waals surface area contributed by atoms with Crippen molar-refractivity contribution in [3.05, 3.63) is 29.8 Å². The van der Waals surface area contributed by atoms with Crippen molar-refractivity contribution in [2.75, 3.05) is 11.4 Å². The minimum absolute atomic E-state index is 0.0718. The number of halogens is 1. The second kappa shape index (κ2) is 6.87. The largest absolute Gasteiger partial charge is 0.311 e. The third-order valence-corrected chi connectivity index (χ3v) is 12.4. The van der Waals surface area contributed by atoms with Crippen LogP contribution in [0.5, 0.6) is 0 Å². The summed E-state index contributed by atoms with van der Waals surface area (Å²) in [6.07, 6.45) is 0.864. The average molecular weight is 443 g/mol. The van der Waals surface area contributed by atoms with Gasteiger partial charge in [0.05, 0.1) is 12.0 Å². The molecule has 2 nitrogen and oxygen atoms in total. The molecule has 0 fully saturated rings. The fourth-order valence-corrected chi connectivity index (χ4v) is 6.55. The SMILES string of the molecule is CC(CN1C(=O)C(I)Cc2ccccc21)C[Si](C)(C)C(C)(C)C. The Balaban J connectivity index is 2.17. The summed E-state index contributed by atoms with van der Waals surface area (Å²) >= 11 is 2.30. The molecule has 1 aromatic rings. The van der Waals surface area contributed by atoms with Crippen LogP contribution < -0.4 is 4.90 Å². The molecule has 0 radical (unpaired) electrons. The Labute approximate surface area is 156 Å². The molecule has 0 aromatic heterocycles. The van der Waals surface area contributed by atoms with E-state index < -0.39 is 8.07 Å². The Morgan fingerprint density at radius 2 is 1.91 bits per heavy atom. The molecule has 1 aliphatic rings. The first-order chi connectivity index (χ1) is 10.5. The molecule has 1 aliphatic heterocycles. The predicted molar refractivity (Wildman–Crippen MR) is 111 cm³/mol.